The smallest absolute Gasteiger partial charge is 0.348 e. The number of anilines is 1. The Morgan fingerprint density at radius 2 is 2.33 bits per heavy atom. The second-order valence-electron chi connectivity index (χ2n) is 3.49. The molecule has 2 aromatic rings. The van der Waals surface area contributed by atoms with Crippen LogP contribution < -0.4 is 5.32 Å². The molecule has 8 nitrogen and oxygen atoms in total. The van der Waals surface area contributed by atoms with E-state index in [1.165, 1.54) is 6.33 Å². The molecule has 0 saturated carbocycles. The lowest BCUT2D eigenvalue weighted by molar-refractivity contribution is -0.384. The van der Waals surface area contributed by atoms with E-state index < -0.39 is 4.92 Å². The molecule has 0 fully saturated rings. The van der Waals surface area contributed by atoms with E-state index in [1.807, 2.05) is 0 Å². The Morgan fingerprint density at radius 1 is 1.56 bits per heavy atom. The molecule has 0 spiro atoms. The number of nitrogens with zero attached hydrogens (tertiary/aromatic N) is 5. The zero-order valence-electron chi connectivity index (χ0n) is 9.37. The maximum absolute atomic E-state index is 10.8. The molecule has 0 unspecified atom stereocenters. The number of nitro groups is 1. The normalized spacial score (nSPS) is 10.3. The number of hydrogen-bond acceptors (Lipinski definition) is 6. The fraction of sp³-hybridized carbons (Fsp3) is 0.222. The van der Waals surface area contributed by atoms with Crippen molar-refractivity contribution in [1.82, 2.24) is 19.7 Å². The zero-order chi connectivity index (χ0) is 13.1. The van der Waals surface area contributed by atoms with E-state index in [2.05, 4.69) is 20.4 Å². The summed E-state index contributed by atoms with van der Waals surface area (Å²) in [6.07, 6.45) is 4.62. The quantitative estimate of drug-likeness (QED) is 0.511. The van der Waals surface area contributed by atoms with Crippen LogP contribution in [0.15, 0.2) is 18.7 Å². The zero-order valence-corrected chi connectivity index (χ0v) is 10.1. The van der Waals surface area contributed by atoms with E-state index in [0.717, 1.165) is 5.56 Å². The molecular weight excluding hydrogens is 260 g/mol. The number of aromatic nitrogens is 4. The van der Waals surface area contributed by atoms with Crippen LogP contribution in [0.1, 0.15) is 5.56 Å². The summed E-state index contributed by atoms with van der Waals surface area (Å²) in [5.41, 5.74) is 0.546. The first kappa shape index (κ1) is 12.2. The summed E-state index contributed by atoms with van der Waals surface area (Å²) >= 11 is 5.66. The molecule has 1 N–H and O–H groups in total. The summed E-state index contributed by atoms with van der Waals surface area (Å²) in [5, 5.41) is 17.5. The molecule has 2 aromatic heterocycles. The van der Waals surface area contributed by atoms with Gasteiger partial charge in [-0.05, 0) is 0 Å². The van der Waals surface area contributed by atoms with Crippen LogP contribution in [-0.4, -0.2) is 24.7 Å². The highest BCUT2D eigenvalue weighted by molar-refractivity contribution is 6.31. The summed E-state index contributed by atoms with van der Waals surface area (Å²) < 4.78 is 1.64. The molecule has 0 aliphatic heterocycles. The van der Waals surface area contributed by atoms with Gasteiger partial charge < -0.3 is 5.32 Å². The van der Waals surface area contributed by atoms with Gasteiger partial charge in [0.15, 0.2) is 0 Å². The second-order valence-corrected chi connectivity index (χ2v) is 3.85. The van der Waals surface area contributed by atoms with Crippen molar-refractivity contribution in [2.75, 3.05) is 5.32 Å². The topological polar surface area (TPSA) is 98.8 Å². The SMILES string of the molecule is Cn1cc(CNc2ncnc(Cl)c2[N+](=O)[O-])cn1. The van der Waals surface area contributed by atoms with Crippen LogP contribution in [0.3, 0.4) is 0 Å². The first-order chi connectivity index (χ1) is 8.58. The lowest BCUT2D eigenvalue weighted by atomic mass is 10.3. The van der Waals surface area contributed by atoms with Crippen molar-refractivity contribution in [3.63, 3.8) is 0 Å². The Labute approximate surface area is 107 Å². The van der Waals surface area contributed by atoms with Gasteiger partial charge in [-0.15, -0.1) is 0 Å². The van der Waals surface area contributed by atoms with E-state index in [1.54, 1.807) is 24.1 Å². The average Bonchev–Trinajstić information content (AvgIpc) is 2.72. The van der Waals surface area contributed by atoms with Gasteiger partial charge in [-0.1, -0.05) is 11.6 Å². The predicted molar refractivity (Wildman–Crippen MR) is 64.2 cm³/mol. The van der Waals surface area contributed by atoms with Crippen molar-refractivity contribution in [2.45, 2.75) is 6.54 Å². The van der Waals surface area contributed by atoms with Gasteiger partial charge in [-0.3, -0.25) is 14.8 Å². The van der Waals surface area contributed by atoms with Gasteiger partial charge in [0, 0.05) is 25.4 Å². The van der Waals surface area contributed by atoms with E-state index in [9.17, 15) is 10.1 Å². The molecule has 0 aliphatic carbocycles. The minimum atomic E-state index is -0.617. The highest BCUT2D eigenvalue weighted by Gasteiger charge is 2.21. The van der Waals surface area contributed by atoms with E-state index in [-0.39, 0.29) is 16.7 Å². The van der Waals surface area contributed by atoms with E-state index in [0.29, 0.717) is 6.54 Å². The molecule has 2 heterocycles. The Kier molecular flexibility index (Phi) is 3.38. The van der Waals surface area contributed by atoms with Crippen LogP contribution >= 0.6 is 11.6 Å². The minimum absolute atomic E-state index is 0.0869. The third-order valence-corrected chi connectivity index (χ3v) is 2.46. The summed E-state index contributed by atoms with van der Waals surface area (Å²) in [5.74, 6) is 0.0869. The van der Waals surface area contributed by atoms with Gasteiger partial charge in [-0.25, -0.2) is 9.97 Å². The molecule has 94 valence electrons. The van der Waals surface area contributed by atoms with E-state index in [4.69, 9.17) is 11.6 Å². The molecule has 0 aromatic carbocycles. The molecule has 9 heteroatoms. The summed E-state index contributed by atoms with van der Waals surface area (Å²) in [6, 6.07) is 0. The molecular formula is C9H9ClN6O2. The Bertz CT molecular complexity index is 584. The average molecular weight is 269 g/mol. The van der Waals surface area contributed by atoms with Crippen LogP contribution in [0.5, 0.6) is 0 Å². The summed E-state index contributed by atoms with van der Waals surface area (Å²) in [6.45, 7) is 0.363. The van der Waals surface area contributed by atoms with Gasteiger partial charge in [0.25, 0.3) is 0 Å². The van der Waals surface area contributed by atoms with Crippen molar-refractivity contribution < 1.29 is 4.92 Å². The molecule has 0 amide bonds. The lowest BCUT2D eigenvalue weighted by Crippen LogP contribution is -2.05. The number of hydrogen-bond donors (Lipinski definition) is 1. The van der Waals surface area contributed by atoms with Gasteiger partial charge in [0.1, 0.15) is 6.33 Å². The van der Waals surface area contributed by atoms with Crippen LogP contribution in [0.25, 0.3) is 0 Å². The largest absolute Gasteiger partial charge is 0.360 e. The Morgan fingerprint density at radius 3 is 2.94 bits per heavy atom. The monoisotopic (exact) mass is 268 g/mol. The van der Waals surface area contributed by atoms with Gasteiger partial charge in [0.2, 0.25) is 11.0 Å². The van der Waals surface area contributed by atoms with E-state index >= 15 is 0 Å². The first-order valence-corrected chi connectivity index (χ1v) is 5.32. The maximum atomic E-state index is 10.8. The molecule has 0 aliphatic rings. The van der Waals surface area contributed by atoms with Crippen LogP contribution in [-0.2, 0) is 13.6 Å². The second kappa shape index (κ2) is 4.96. The van der Waals surface area contributed by atoms with Gasteiger partial charge >= 0.3 is 5.69 Å². The first-order valence-electron chi connectivity index (χ1n) is 4.94. The van der Waals surface area contributed by atoms with Crippen molar-refractivity contribution in [2.24, 2.45) is 7.05 Å². The number of rotatable bonds is 4. The van der Waals surface area contributed by atoms with Crippen LogP contribution in [0.2, 0.25) is 5.15 Å². The number of aryl methyl sites for hydroxylation is 1. The van der Waals surface area contributed by atoms with Crippen molar-refractivity contribution in [3.8, 4) is 0 Å². The number of nitrogens with one attached hydrogen (secondary N) is 1. The third-order valence-electron chi connectivity index (χ3n) is 2.18. The van der Waals surface area contributed by atoms with Crippen molar-refractivity contribution in [3.05, 3.63) is 39.6 Å². The lowest BCUT2D eigenvalue weighted by Gasteiger charge is -2.04. The molecule has 18 heavy (non-hydrogen) atoms. The Balaban J connectivity index is 2.19. The number of halogens is 1. The molecule has 0 saturated heterocycles. The molecule has 0 bridgehead atoms. The highest BCUT2D eigenvalue weighted by atomic mass is 35.5. The fourth-order valence-corrected chi connectivity index (χ4v) is 1.60. The van der Waals surface area contributed by atoms with Crippen molar-refractivity contribution in [1.29, 1.82) is 0 Å². The summed E-state index contributed by atoms with van der Waals surface area (Å²) in [4.78, 5) is 17.6. The predicted octanol–water partition coefficient (Wildman–Crippen LogP) is 1.38. The third kappa shape index (κ3) is 2.54. The minimum Gasteiger partial charge on any atom is -0.360 e. The fourth-order valence-electron chi connectivity index (χ4n) is 1.40. The standard InChI is InChI=1S/C9H9ClN6O2/c1-15-4-6(3-14-15)2-11-9-7(16(17)18)8(10)12-5-13-9/h3-5H,2H2,1H3,(H,11,12,13). The summed E-state index contributed by atoms with van der Waals surface area (Å²) in [7, 11) is 1.79. The molecule has 0 atom stereocenters. The maximum Gasteiger partial charge on any atom is 0.348 e. The van der Waals surface area contributed by atoms with Crippen LogP contribution in [0, 0.1) is 10.1 Å². The molecule has 2 rings (SSSR count). The highest BCUT2D eigenvalue weighted by Crippen LogP contribution is 2.28. The van der Waals surface area contributed by atoms with Crippen molar-refractivity contribution >= 4 is 23.1 Å². The molecule has 0 radical (unpaired) electrons. The Hall–Kier alpha value is -2.22. The van der Waals surface area contributed by atoms with Gasteiger partial charge in [-0.2, -0.15) is 5.10 Å². The van der Waals surface area contributed by atoms with Gasteiger partial charge in [0.05, 0.1) is 11.1 Å². The van der Waals surface area contributed by atoms with Crippen LogP contribution in [0.4, 0.5) is 11.5 Å².